The normalized spacial score (nSPS) is 16.3. The molecule has 1 aliphatic rings. The molecule has 0 aliphatic carbocycles. The van der Waals surface area contributed by atoms with E-state index < -0.39 is 29.8 Å². The molecule has 3 rings (SSSR count). The van der Waals surface area contributed by atoms with E-state index in [0.717, 1.165) is 35.1 Å². The monoisotopic (exact) mass is 382 g/mol. The molecule has 0 radical (unpaired) electrons. The molecule has 3 N–H and O–H groups in total. The summed E-state index contributed by atoms with van der Waals surface area (Å²) < 4.78 is 0. The first-order valence-corrected chi connectivity index (χ1v) is 8.64. The molecule has 0 bridgehead atoms. The summed E-state index contributed by atoms with van der Waals surface area (Å²) in [4.78, 5) is 48.5. The zero-order valence-corrected chi connectivity index (χ0v) is 15.0. The third-order valence-electron chi connectivity index (χ3n) is 4.52. The molecule has 1 fully saturated rings. The SMILES string of the molecule is CCc1ccc(NC2CC(=O)N(c3cc(C(=O)O)cc(C(=O)O)c3)C2=O)cc1. The van der Waals surface area contributed by atoms with Crippen LogP contribution in [-0.4, -0.2) is 40.0 Å². The molecule has 1 heterocycles. The number of carbonyl (C=O) groups excluding carboxylic acids is 2. The minimum absolute atomic E-state index is 0.0714. The molecular formula is C20H18N2O6. The first kappa shape index (κ1) is 19.1. The average molecular weight is 382 g/mol. The molecule has 8 heteroatoms. The van der Waals surface area contributed by atoms with E-state index in [0.29, 0.717) is 5.69 Å². The number of anilines is 2. The largest absolute Gasteiger partial charge is 0.478 e. The molecule has 1 saturated heterocycles. The third kappa shape index (κ3) is 3.71. The Morgan fingerprint density at radius 1 is 1.04 bits per heavy atom. The Bertz CT molecular complexity index is 935. The highest BCUT2D eigenvalue weighted by molar-refractivity contribution is 6.23. The maximum absolute atomic E-state index is 12.8. The predicted molar refractivity (Wildman–Crippen MR) is 101 cm³/mol. The number of amides is 2. The highest BCUT2D eigenvalue weighted by atomic mass is 16.4. The minimum Gasteiger partial charge on any atom is -0.478 e. The lowest BCUT2D eigenvalue weighted by Gasteiger charge is -2.17. The third-order valence-corrected chi connectivity index (χ3v) is 4.52. The van der Waals surface area contributed by atoms with Gasteiger partial charge in [-0.15, -0.1) is 0 Å². The van der Waals surface area contributed by atoms with Crippen LogP contribution in [0.15, 0.2) is 42.5 Å². The van der Waals surface area contributed by atoms with Crippen molar-refractivity contribution in [1.29, 1.82) is 0 Å². The van der Waals surface area contributed by atoms with Gasteiger partial charge in [0.1, 0.15) is 6.04 Å². The van der Waals surface area contributed by atoms with Gasteiger partial charge in [-0.3, -0.25) is 9.59 Å². The Hall–Kier alpha value is -3.68. The highest BCUT2D eigenvalue weighted by Crippen LogP contribution is 2.27. The summed E-state index contributed by atoms with van der Waals surface area (Å²) in [6.07, 6.45) is 0.759. The molecule has 2 aromatic carbocycles. The second-order valence-electron chi connectivity index (χ2n) is 6.40. The number of nitrogens with one attached hydrogen (secondary N) is 1. The van der Waals surface area contributed by atoms with Crippen molar-refractivity contribution in [2.24, 2.45) is 0 Å². The Morgan fingerprint density at radius 2 is 1.61 bits per heavy atom. The number of aromatic carboxylic acids is 2. The van der Waals surface area contributed by atoms with E-state index in [9.17, 15) is 29.4 Å². The van der Waals surface area contributed by atoms with Crippen LogP contribution in [0.2, 0.25) is 0 Å². The van der Waals surface area contributed by atoms with Gasteiger partial charge in [-0.1, -0.05) is 19.1 Å². The summed E-state index contributed by atoms with van der Waals surface area (Å²) in [5.74, 6) is -3.81. The zero-order valence-electron chi connectivity index (χ0n) is 15.0. The van der Waals surface area contributed by atoms with Gasteiger partial charge < -0.3 is 15.5 Å². The number of rotatable bonds is 6. The molecule has 1 atom stereocenters. The van der Waals surface area contributed by atoms with Crippen LogP contribution < -0.4 is 10.2 Å². The van der Waals surface area contributed by atoms with Crippen LogP contribution >= 0.6 is 0 Å². The van der Waals surface area contributed by atoms with Crippen LogP contribution in [0.5, 0.6) is 0 Å². The van der Waals surface area contributed by atoms with Gasteiger partial charge in [0, 0.05) is 5.69 Å². The number of aryl methyl sites for hydroxylation is 1. The van der Waals surface area contributed by atoms with E-state index in [1.165, 1.54) is 0 Å². The Morgan fingerprint density at radius 3 is 2.11 bits per heavy atom. The minimum atomic E-state index is -1.35. The summed E-state index contributed by atoms with van der Waals surface area (Å²) in [5.41, 5.74) is 1.10. The molecule has 2 aromatic rings. The van der Waals surface area contributed by atoms with Gasteiger partial charge in [0.2, 0.25) is 5.91 Å². The van der Waals surface area contributed by atoms with Crippen molar-refractivity contribution < 1.29 is 29.4 Å². The molecule has 144 valence electrons. The van der Waals surface area contributed by atoms with Crippen LogP contribution in [0.3, 0.4) is 0 Å². The van der Waals surface area contributed by atoms with Crippen molar-refractivity contribution >= 4 is 35.1 Å². The van der Waals surface area contributed by atoms with E-state index >= 15 is 0 Å². The standard InChI is InChI=1S/C20H18N2O6/c1-2-11-3-5-14(6-4-11)21-16-10-17(23)22(18(16)24)15-8-12(19(25)26)7-13(9-15)20(27)28/h3-9,16,21H,2,10H2,1H3,(H,25,26)(H,27,28). The predicted octanol–water partition coefficient (Wildman–Crippen LogP) is 2.39. The molecule has 2 amide bonds. The van der Waals surface area contributed by atoms with Crippen LogP contribution in [0, 0.1) is 0 Å². The summed E-state index contributed by atoms with van der Waals surface area (Å²) >= 11 is 0. The van der Waals surface area contributed by atoms with Crippen molar-refractivity contribution in [3.8, 4) is 0 Å². The fourth-order valence-corrected chi connectivity index (χ4v) is 3.04. The Kier molecular flexibility index (Phi) is 5.12. The lowest BCUT2D eigenvalue weighted by molar-refractivity contribution is -0.121. The summed E-state index contributed by atoms with van der Waals surface area (Å²) in [5, 5.41) is 21.4. The van der Waals surface area contributed by atoms with E-state index in [-0.39, 0.29) is 23.2 Å². The number of imide groups is 1. The van der Waals surface area contributed by atoms with Crippen LogP contribution in [0.4, 0.5) is 11.4 Å². The van der Waals surface area contributed by atoms with Gasteiger partial charge in [-0.2, -0.15) is 0 Å². The fourth-order valence-electron chi connectivity index (χ4n) is 3.04. The number of hydrogen-bond donors (Lipinski definition) is 3. The van der Waals surface area contributed by atoms with E-state index in [2.05, 4.69) is 5.32 Å². The smallest absolute Gasteiger partial charge is 0.335 e. The topological polar surface area (TPSA) is 124 Å². The van der Waals surface area contributed by atoms with Gasteiger partial charge in [0.05, 0.1) is 23.2 Å². The maximum Gasteiger partial charge on any atom is 0.335 e. The van der Waals surface area contributed by atoms with Crippen molar-refractivity contribution in [3.63, 3.8) is 0 Å². The van der Waals surface area contributed by atoms with Crippen molar-refractivity contribution in [3.05, 3.63) is 59.2 Å². The number of nitrogens with zero attached hydrogens (tertiary/aromatic N) is 1. The Labute approximate surface area is 160 Å². The molecule has 0 spiro atoms. The van der Waals surface area contributed by atoms with Crippen molar-refractivity contribution in [2.75, 3.05) is 10.2 Å². The zero-order chi connectivity index (χ0) is 20.4. The first-order chi connectivity index (χ1) is 13.3. The first-order valence-electron chi connectivity index (χ1n) is 8.64. The van der Waals surface area contributed by atoms with Gasteiger partial charge in [0.15, 0.2) is 0 Å². The number of carbonyl (C=O) groups is 4. The molecule has 8 nitrogen and oxygen atoms in total. The van der Waals surface area contributed by atoms with E-state index in [1.807, 2.05) is 31.2 Å². The second kappa shape index (κ2) is 7.51. The summed E-state index contributed by atoms with van der Waals surface area (Å²) in [7, 11) is 0. The van der Waals surface area contributed by atoms with Gasteiger partial charge in [-0.25, -0.2) is 14.5 Å². The highest BCUT2D eigenvalue weighted by Gasteiger charge is 2.40. The van der Waals surface area contributed by atoms with Crippen LogP contribution in [0.1, 0.15) is 39.6 Å². The number of carboxylic acid groups (broad SMARTS) is 2. The molecular weight excluding hydrogens is 364 g/mol. The summed E-state index contributed by atoms with van der Waals surface area (Å²) in [6.45, 7) is 2.02. The number of carboxylic acids is 2. The second-order valence-corrected chi connectivity index (χ2v) is 6.40. The molecule has 0 aromatic heterocycles. The molecule has 28 heavy (non-hydrogen) atoms. The van der Waals surface area contributed by atoms with Gasteiger partial charge in [0.25, 0.3) is 5.91 Å². The van der Waals surface area contributed by atoms with Gasteiger partial charge in [-0.05, 0) is 42.3 Å². The molecule has 0 saturated carbocycles. The van der Waals surface area contributed by atoms with Crippen LogP contribution in [0.25, 0.3) is 0 Å². The van der Waals surface area contributed by atoms with Gasteiger partial charge >= 0.3 is 11.9 Å². The maximum atomic E-state index is 12.8. The number of benzene rings is 2. The van der Waals surface area contributed by atoms with Crippen molar-refractivity contribution in [2.45, 2.75) is 25.8 Å². The lowest BCUT2D eigenvalue weighted by atomic mass is 10.1. The van der Waals surface area contributed by atoms with Crippen molar-refractivity contribution in [1.82, 2.24) is 0 Å². The summed E-state index contributed by atoms with van der Waals surface area (Å²) in [6, 6.07) is 9.84. The lowest BCUT2D eigenvalue weighted by Crippen LogP contribution is -2.35. The van der Waals surface area contributed by atoms with E-state index in [1.54, 1.807) is 0 Å². The molecule has 1 aliphatic heterocycles. The fraction of sp³-hybridized carbons (Fsp3) is 0.200. The number of hydrogen-bond acceptors (Lipinski definition) is 5. The average Bonchev–Trinajstić information content (AvgIpc) is 2.95. The quantitative estimate of drug-likeness (QED) is 0.655. The molecule has 1 unspecified atom stereocenters. The Balaban J connectivity index is 1.89. The van der Waals surface area contributed by atoms with E-state index in [4.69, 9.17) is 0 Å². The van der Waals surface area contributed by atoms with Crippen LogP contribution in [-0.2, 0) is 16.0 Å².